The van der Waals surface area contributed by atoms with Crippen LogP contribution in [0.2, 0.25) is 0 Å². The van der Waals surface area contributed by atoms with Crippen LogP contribution in [0.4, 0.5) is 0 Å². The molecule has 1 amide bonds. The van der Waals surface area contributed by atoms with Gasteiger partial charge in [0.15, 0.2) is 18.4 Å². The van der Waals surface area contributed by atoms with E-state index in [0.29, 0.717) is 11.6 Å². The minimum absolute atomic E-state index is 0.383. The van der Waals surface area contributed by atoms with Crippen molar-refractivity contribution in [2.24, 2.45) is 5.73 Å². The van der Waals surface area contributed by atoms with Crippen LogP contribution in [0.3, 0.4) is 0 Å². The minimum Gasteiger partial charge on any atom is -0.366 e. The highest BCUT2D eigenvalue weighted by Crippen LogP contribution is 1.95. The number of hydrogen-bond acceptors (Lipinski definition) is 1. The first kappa shape index (κ1) is 8.71. The topological polar surface area (TPSA) is 47.0 Å². The third-order valence-corrected chi connectivity index (χ3v) is 1.73. The van der Waals surface area contributed by atoms with Crippen molar-refractivity contribution in [3.63, 3.8) is 0 Å². The van der Waals surface area contributed by atoms with Crippen LogP contribution in [0.15, 0.2) is 24.5 Å². The average molecular weight is 165 g/mol. The second-order valence-corrected chi connectivity index (χ2v) is 2.99. The van der Waals surface area contributed by atoms with Crippen LogP contribution in [0.25, 0.3) is 0 Å². The molecule has 0 fully saturated rings. The van der Waals surface area contributed by atoms with Gasteiger partial charge in [-0.2, -0.15) is 0 Å². The molecule has 0 aliphatic rings. The normalized spacial score (nSPS) is 10.2. The van der Waals surface area contributed by atoms with Gasteiger partial charge in [0.05, 0.1) is 5.56 Å². The summed E-state index contributed by atoms with van der Waals surface area (Å²) in [5, 5.41) is 0. The summed E-state index contributed by atoms with van der Waals surface area (Å²) in [6.07, 6.45) is 3.70. The van der Waals surface area contributed by atoms with Gasteiger partial charge in [-0.15, -0.1) is 0 Å². The Balaban J connectivity index is 2.93. The lowest BCUT2D eigenvalue weighted by Gasteiger charge is -1.99. The predicted octanol–water partition coefficient (Wildman–Crippen LogP) is 0.654. The van der Waals surface area contributed by atoms with Crippen LogP contribution >= 0.6 is 0 Å². The van der Waals surface area contributed by atoms with Crippen molar-refractivity contribution in [3.8, 4) is 0 Å². The van der Waals surface area contributed by atoms with Crippen molar-refractivity contribution in [2.45, 2.75) is 19.9 Å². The smallest absolute Gasteiger partial charge is 0.249 e. The van der Waals surface area contributed by atoms with Gasteiger partial charge in [-0.25, -0.2) is 4.57 Å². The molecule has 1 aromatic rings. The number of primary amides is 1. The number of amides is 1. The zero-order valence-electron chi connectivity index (χ0n) is 7.32. The first-order valence-electron chi connectivity index (χ1n) is 3.92. The number of carbonyl (C=O) groups excluding carboxylic acids is 1. The molecule has 0 atom stereocenters. The molecule has 1 heterocycles. The van der Waals surface area contributed by atoms with Crippen molar-refractivity contribution in [1.82, 2.24) is 0 Å². The van der Waals surface area contributed by atoms with Crippen molar-refractivity contribution in [2.75, 3.05) is 0 Å². The minimum atomic E-state index is -0.383. The van der Waals surface area contributed by atoms with Crippen molar-refractivity contribution >= 4 is 5.91 Å². The van der Waals surface area contributed by atoms with E-state index in [9.17, 15) is 4.79 Å². The fourth-order valence-corrected chi connectivity index (χ4v) is 0.947. The SMILES string of the molecule is CC(C)[n+]1ccc(C(N)=O)cc1. The summed E-state index contributed by atoms with van der Waals surface area (Å²) >= 11 is 0. The number of nitrogens with zero attached hydrogens (tertiary/aromatic N) is 1. The van der Waals surface area contributed by atoms with Crippen molar-refractivity contribution < 1.29 is 9.36 Å². The molecule has 0 radical (unpaired) electrons. The van der Waals surface area contributed by atoms with E-state index in [1.54, 1.807) is 12.1 Å². The van der Waals surface area contributed by atoms with E-state index in [2.05, 4.69) is 13.8 Å². The molecule has 0 saturated heterocycles. The molecule has 12 heavy (non-hydrogen) atoms. The summed E-state index contributed by atoms with van der Waals surface area (Å²) in [5.41, 5.74) is 5.64. The Morgan fingerprint density at radius 3 is 2.25 bits per heavy atom. The Labute approximate surface area is 71.8 Å². The molecule has 0 aliphatic carbocycles. The van der Waals surface area contributed by atoms with E-state index < -0.39 is 0 Å². The predicted molar refractivity (Wildman–Crippen MR) is 45.5 cm³/mol. The molecule has 0 saturated carbocycles. The summed E-state index contributed by atoms with van der Waals surface area (Å²) in [6, 6.07) is 3.86. The molecule has 3 heteroatoms. The monoisotopic (exact) mass is 165 g/mol. The van der Waals surface area contributed by atoms with Gasteiger partial charge in [-0.05, 0) is 13.8 Å². The highest BCUT2D eigenvalue weighted by atomic mass is 16.1. The molecular formula is C9H13N2O+. The molecule has 2 N–H and O–H groups in total. The third-order valence-electron chi connectivity index (χ3n) is 1.73. The van der Waals surface area contributed by atoms with Gasteiger partial charge < -0.3 is 5.73 Å². The molecule has 64 valence electrons. The highest BCUT2D eigenvalue weighted by molar-refractivity contribution is 5.92. The summed E-state index contributed by atoms with van der Waals surface area (Å²) in [5.74, 6) is -0.383. The lowest BCUT2D eigenvalue weighted by atomic mass is 10.2. The van der Waals surface area contributed by atoms with E-state index in [1.165, 1.54) is 0 Å². The Morgan fingerprint density at radius 2 is 1.92 bits per heavy atom. The van der Waals surface area contributed by atoms with E-state index in [-0.39, 0.29) is 5.91 Å². The Hall–Kier alpha value is -1.38. The first-order chi connectivity index (χ1) is 5.61. The van der Waals surface area contributed by atoms with Gasteiger partial charge >= 0.3 is 0 Å². The Bertz CT molecular complexity index is 277. The fourth-order valence-electron chi connectivity index (χ4n) is 0.947. The molecular weight excluding hydrogens is 152 g/mol. The molecule has 0 bridgehead atoms. The van der Waals surface area contributed by atoms with E-state index in [1.807, 2.05) is 17.0 Å². The van der Waals surface area contributed by atoms with Gasteiger partial charge in [0, 0.05) is 12.1 Å². The van der Waals surface area contributed by atoms with Gasteiger partial charge in [0.2, 0.25) is 5.91 Å². The van der Waals surface area contributed by atoms with Crippen LogP contribution in [-0.2, 0) is 0 Å². The summed E-state index contributed by atoms with van der Waals surface area (Å²) in [6.45, 7) is 4.15. The van der Waals surface area contributed by atoms with Gasteiger partial charge in [0.25, 0.3) is 0 Å². The summed E-state index contributed by atoms with van der Waals surface area (Å²) in [4.78, 5) is 10.7. The fraction of sp³-hybridized carbons (Fsp3) is 0.333. The second-order valence-electron chi connectivity index (χ2n) is 2.99. The average Bonchev–Trinajstić information content (AvgIpc) is 2.04. The maximum Gasteiger partial charge on any atom is 0.249 e. The molecule has 0 aromatic carbocycles. The van der Waals surface area contributed by atoms with E-state index >= 15 is 0 Å². The second kappa shape index (κ2) is 3.34. The standard InChI is InChI=1S/C9H12N2O/c1-7(2)11-5-3-8(4-6-11)9(10)12/h3-7H,1-2H3,(H-,10,12)/p+1. The van der Waals surface area contributed by atoms with Gasteiger partial charge in [0.1, 0.15) is 0 Å². The maximum absolute atomic E-state index is 10.7. The van der Waals surface area contributed by atoms with Crippen molar-refractivity contribution in [3.05, 3.63) is 30.1 Å². The lowest BCUT2D eigenvalue weighted by molar-refractivity contribution is -0.716. The van der Waals surface area contributed by atoms with Crippen LogP contribution < -0.4 is 10.3 Å². The van der Waals surface area contributed by atoms with Crippen molar-refractivity contribution in [1.29, 1.82) is 0 Å². The molecule has 0 unspecified atom stereocenters. The molecule has 0 aliphatic heterocycles. The van der Waals surface area contributed by atoms with Crippen LogP contribution in [0.1, 0.15) is 30.2 Å². The third kappa shape index (κ3) is 1.81. The zero-order chi connectivity index (χ0) is 9.14. The molecule has 3 nitrogen and oxygen atoms in total. The zero-order valence-corrected chi connectivity index (χ0v) is 7.32. The van der Waals surface area contributed by atoms with Crippen LogP contribution in [0.5, 0.6) is 0 Å². The molecule has 0 spiro atoms. The summed E-state index contributed by atoms with van der Waals surface area (Å²) < 4.78 is 2.01. The maximum atomic E-state index is 10.7. The number of carbonyl (C=O) groups is 1. The number of nitrogens with two attached hydrogens (primary N) is 1. The van der Waals surface area contributed by atoms with E-state index in [0.717, 1.165) is 0 Å². The number of aromatic nitrogens is 1. The van der Waals surface area contributed by atoms with Gasteiger partial charge in [-0.3, -0.25) is 4.79 Å². The summed E-state index contributed by atoms with van der Waals surface area (Å²) in [7, 11) is 0. The first-order valence-corrected chi connectivity index (χ1v) is 3.92. The van der Waals surface area contributed by atoms with E-state index in [4.69, 9.17) is 5.73 Å². The van der Waals surface area contributed by atoms with Gasteiger partial charge in [-0.1, -0.05) is 0 Å². The number of hydrogen-bond donors (Lipinski definition) is 1. The highest BCUT2D eigenvalue weighted by Gasteiger charge is 2.06. The van der Waals surface area contributed by atoms with Crippen LogP contribution in [0, 0.1) is 0 Å². The Morgan fingerprint density at radius 1 is 1.42 bits per heavy atom. The lowest BCUT2D eigenvalue weighted by Crippen LogP contribution is -2.35. The molecule has 1 rings (SSSR count). The number of rotatable bonds is 2. The van der Waals surface area contributed by atoms with Crippen LogP contribution in [-0.4, -0.2) is 5.91 Å². The largest absolute Gasteiger partial charge is 0.366 e. The quantitative estimate of drug-likeness (QED) is 0.643. The Kier molecular flexibility index (Phi) is 2.43. The number of pyridine rings is 1. The molecule has 1 aromatic heterocycles.